The number of hydrogen-bond acceptors (Lipinski definition) is 2. The van der Waals surface area contributed by atoms with Gasteiger partial charge in [-0.15, -0.1) is 0 Å². The maximum atomic E-state index is 12.1. The highest BCUT2D eigenvalue weighted by Crippen LogP contribution is 2.31. The lowest BCUT2D eigenvalue weighted by Crippen LogP contribution is -2.31. The van der Waals surface area contributed by atoms with E-state index in [4.69, 9.17) is 5.73 Å². The van der Waals surface area contributed by atoms with E-state index in [1.165, 1.54) is 24.0 Å². The summed E-state index contributed by atoms with van der Waals surface area (Å²) >= 11 is 0. The van der Waals surface area contributed by atoms with E-state index >= 15 is 0 Å². The predicted molar refractivity (Wildman–Crippen MR) is 80.5 cm³/mol. The molecule has 1 fully saturated rings. The number of carbonyl (C=O) groups is 2. The Balaban J connectivity index is 1.80. The molecule has 0 spiro atoms. The standard InChI is InChI=1S/C17H22N2O2/c1-11(19-10-15(17(18)21)9-16(19)20)13-7-6-12-4-2-3-5-14(12)8-13/h6-8,11,15H,2-5,9-10H2,1H3,(H2,18,21). The summed E-state index contributed by atoms with van der Waals surface area (Å²) in [5.74, 6) is -0.676. The van der Waals surface area contributed by atoms with Crippen molar-refractivity contribution in [3.05, 3.63) is 34.9 Å². The minimum absolute atomic E-state index is 0.00840. The van der Waals surface area contributed by atoms with Crippen LogP contribution in [0.2, 0.25) is 0 Å². The predicted octanol–water partition coefficient (Wildman–Crippen LogP) is 1.96. The molecule has 3 rings (SSSR count). The maximum absolute atomic E-state index is 12.1. The zero-order valence-corrected chi connectivity index (χ0v) is 12.5. The molecule has 1 heterocycles. The molecule has 0 radical (unpaired) electrons. The van der Waals surface area contributed by atoms with Gasteiger partial charge in [0, 0.05) is 13.0 Å². The fraction of sp³-hybridized carbons (Fsp3) is 0.529. The van der Waals surface area contributed by atoms with Crippen LogP contribution in [-0.2, 0) is 22.4 Å². The fourth-order valence-corrected chi connectivity index (χ4v) is 3.49. The quantitative estimate of drug-likeness (QED) is 0.923. The third-order valence-electron chi connectivity index (χ3n) is 4.88. The molecular weight excluding hydrogens is 264 g/mol. The highest BCUT2D eigenvalue weighted by atomic mass is 16.2. The molecule has 2 amide bonds. The fourth-order valence-electron chi connectivity index (χ4n) is 3.49. The van der Waals surface area contributed by atoms with Crippen molar-refractivity contribution in [2.24, 2.45) is 11.7 Å². The van der Waals surface area contributed by atoms with Gasteiger partial charge >= 0.3 is 0 Å². The van der Waals surface area contributed by atoms with Crippen molar-refractivity contribution in [3.63, 3.8) is 0 Å². The molecule has 1 aromatic rings. The van der Waals surface area contributed by atoms with Gasteiger partial charge in [0.15, 0.2) is 0 Å². The summed E-state index contributed by atoms with van der Waals surface area (Å²) in [4.78, 5) is 25.2. The molecule has 0 aromatic heterocycles. The van der Waals surface area contributed by atoms with Gasteiger partial charge in [-0.25, -0.2) is 0 Å². The second-order valence-corrected chi connectivity index (χ2v) is 6.26. The van der Waals surface area contributed by atoms with Gasteiger partial charge in [-0.05, 0) is 49.3 Å². The molecule has 2 atom stereocenters. The number of nitrogens with two attached hydrogens (primary N) is 1. The van der Waals surface area contributed by atoms with Gasteiger partial charge in [-0.2, -0.15) is 0 Å². The Morgan fingerprint density at radius 2 is 2.00 bits per heavy atom. The van der Waals surface area contributed by atoms with E-state index in [9.17, 15) is 9.59 Å². The van der Waals surface area contributed by atoms with Crippen molar-refractivity contribution >= 4 is 11.8 Å². The van der Waals surface area contributed by atoms with Crippen LogP contribution >= 0.6 is 0 Å². The minimum atomic E-state index is -0.372. The SMILES string of the molecule is CC(c1ccc2c(c1)CCCC2)N1CC(C(N)=O)CC1=O. The van der Waals surface area contributed by atoms with E-state index in [-0.39, 0.29) is 30.2 Å². The van der Waals surface area contributed by atoms with Gasteiger partial charge < -0.3 is 10.6 Å². The van der Waals surface area contributed by atoms with Crippen LogP contribution in [0.3, 0.4) is 0 Å². The van der Waals surface area contributed by atoms with Crippen LogP contribution in [0.4, 0.5) is 0 Å². The van der Waals surface area contributed by atoms with Crippen LogP contribution in [0.25, 0.3) is 0 Å². The first-order valence-electron chi connectivity index (χ1n) is 7.76. The molecule has 2 unspecified atom stereocenters. The summed E-state index contributed by atoms with van der Waals surface area (Å²) in [6.07, 6.45) is 5.07. The summed E-state index contributed by atoms with van der Waals surface area (Å²) in [6.45, 7) is 2.48. The van der Waals surface area contributed by atoms with Gasteiger partial charge in [-0.1, -0.05) is 18.2 Å². The summed E-state index contributed by atoms with van der Waals surface area (Å²) in [7, 11) is 0. The topological polar surface area (TPSA) is 63.4 Å². The largest absolute Gasteiger partial charge is 0.369 e. The second-order valence-electron chi connectivity index (χ2n) is 6.26. The lowest BCUT2D eigenvalue weighted by molar-refractivity contribution is -0.130. The highest BCUT2D eigenvalue weighted by Gasteiger charge is 2.36. The van der Waals surface area contributed by atoms with E-state index in [2.05, 4.69) is 18.2 Å². The van der Waals surface area contributed by atoms with Crippen molar-refractivity contribution in [1.82, 2.24) is 4.90 Å². The number of likely N-dealkylation sites (tertiary alicyclic amines) is 1. The number of benzene rings is 1. The van der Waals surface area contributed by atoms with Crippen molar-refractivity contribution in [2.45, 2.75) is 45.1 Å². The van der Waals surface area contributed by atoms with E-state index in [0.717, 1.165) is 18.4 Å². The molecule has 2 N–H and O–H groups in total. The molecule has 21 heavy (non-hydrogen) atoms. The monoisotopic (exact) mass is 286 g/mol. The minimum Gasteiger partial charge on any atom is -0.369 e. The van der Waals surface area contributed by atoms with Crippen LogP contribution in [0.15, 0.2) is 18.2 Å². The van der Waals surface area contributed by atoms with E-state index in [0.29, 0.717) is 6.54 Å². The number of aryl methyl sites for hydroxylation is 2. The van der Waals surface area contributed by atoms with E-state index in [1.54, 1.807) is 4.90 Å². The zero-order valence-electron chi connectivity index (χ0n) is 12.5. The van der Waals surface area contributed by atoms with Crippen molar-refractivity contribution in [1.29, 1.82) is 0 Å². The molecule has 0 bridgehead atoms. The number of amides is 2. The molecule has 1 aliphatic carbocycles. The smallest absolute Gasteiger partial charge is 0.223 e. The van der Waals surface area contributed by atoms with Crippen LogP contribution in [-0.4, -0.2) is 23.3 Å². The molecule has 1 saturated heterocycles. The number of fused-ring (bicyclic) bond motifs is 1. The molecule has 4 heteroatoms. The van der Waals surface area contributed by atoms with Crippen LogP contribution < -0.4 is 5.73 Å². The zero-order chi connectivity index (χ0) is 15.0. The molecule has 1 aromatic carbocycles. The Bertz CT molecular complexity index is 582. The Hall–Kier alpha value is -1.84. The van der Waals surface area contributed by atoms with Gasteiger partial charge in [0.1, 0.15) is 0 Å². The number of hydrogen-bond donors (Lipinski definition) is 1. The average molecular weight is 286 g/mol. The second kappa shape index (κ2) is 5.51. The number of carbonyl (C=O) groups excluding carboxylic acids is 2. The molecule has 0 saturated carbocycles. The van der Waals surface area contributed by atoms with Crippen LogP contribution in [0.5, 0.6) is 0 Å². The molecule has 112 valence electrons. The first-order valence-corrected chi connectivity index (χ1v) is 7.76. The van der Waals surface area contributed by atoms with Gasteiger partial charge in [-0.3, -0.25) is 9.59 Å². The first-order chi connectivity index (χ1) is 10.1. The van der Waals surface area contributed by atoms with Gasteiger partial charge in [0.05, 0.1) is 12.0 Å². The lowest BCUT2D eigenvalue weighted by Gasteiger charge is -2.26. The normalized spacial score (nSPS) is 23.0. The molecule has 4 nitrogen and oxygen atoms in total. The summed E-state index contributed by atoms with van der Waals surface area (Å²) < 4.78 is 0. The Morgan fingerprint density at radius 3 is 2.67 bits per heavy atom. The van der Waals surface area contributed by atoms with Crippen molar-refractivity contribution in [2.75, 3.05) is 6.54 Å². The lowest BCUT2D eigenvalue weighted by atomic mass is 9.89. The average Bonchev–Trinajstić information content (AvgIpc) is 2.88. The Morgan fingerprint density at radius 1 is 1.29 bits per heavy atom. The van der Waals surface area contributed by atoms with Gasteiger partial charge in [0.2, 0.25) is 11.8 Å². The third-order valence-corrected chi connectivity index (χ3v) is 4.88. The maximum Gasteiger partial charge on any atom is 0.223 e. The Labute approximate surface area is 125 Å². The van der Waals surface area contributed by atoms with Crippen molar-refractivity contribution < 1.29 is 9.59 Å². The number of nitrogens with zero attached hydrogens (tertiary/aromatic N) is 1. The first kappa shape index (κ1) is 14.1. The van der Waals surface area contributed by atoms with Crippen molar-refractivity contribution in [3.8, 4) is 0 Å². The van der Waals surface area contributed by atoms with E-state index in [1.807, 2.05) is 6.92 Å². The number of primary amides is 1. The van der Waals surface area contributed by atoms with Crippen LogP contribution in [0.1, 0.15) is 48.9 Å². The van der Waals surface area contributed by atoms with Gasteiger partial charge in [0.25, 0.3) is 0 Å². The third kappa shape index (κ3) is 2.67. The Kier molecular flexibility index (Phi) is 3.70. The number of rotatable bonds is 3. The molecule has 2 aliphatic rings. The van der Waals surface area contributed by atoms with E-state index < -0.39 is 0 Å². The summed E-state index contributed by atoms with van der Waals surface area (Å²) in [6, 6.07) is 6.57. The van der Waals surface area contributed by atoms with Crippen LogP contribution in [0, 0.1) is 5.92 Å². The molecule has 1 aliphatic heterocycles. The summed E-state index contributed by atoms with van der Waals surface area (Å²) in [5, 5.41) is 0. The highest BCUT2D eigenvalue weighted by molar-refractivity contribution is 5.88. The molecular formula is C17H22N2O2. The summed E-state index contributed by atoms with van der Waals surface area (Å²) in [5.41, 5.74) is 9.36.